The monoisotopic (exact) mass is 349 g/mol. The van der Waals surface area contributed by atoms with Crippen LogP contribution in [-0.4, -0.2) is 50.3 Å². The summed E-state index contributed by atoms with van der Waals surface area (Å²) in [6.07, 6.45) is 6.74. The predicted octanol–water partition coefficient (Wildman–Crippen LogP) is 2.18. The third-order valence-electron chi connectivity index (χ3n) is 4.38. The van der Waals surface area contributed by atoms with E-state index in [4.69, 9.17) is 4.74 Å². The van der Waals surface area contributed by atoms with Crippen molar-refractivity contribution < 1.29 is 9.53 Å². The zero-order valence-corrected chi connectivity index (χ0v) is 14.4. The van der Waals surface area contributed by atoms with Gasteiger partial charge in [-0.2, -0.15) is 5.10 Å². The van der Waals surface area contributed by atoms with Gasteiger partial charge in [0.2, 0.25) is 0 Å². The number of pyridine rings is 2. The number of hydrogen-bond acceptors (Lipinski definition) is 5. The van der Waals surface area contributed by atoms with Gasteiger partial charge in [0.05, 0.1) is 18.7 Å². The van der Waals surface area contributed by atoms with Gasteiger partial charge in [0, 0.05) is 37.0 Å². The van der Waals surface area contributed by atoms with E-state index in [1.54, 1.807) is 35.4 Å². The van der Waals surface area contributed by atoms with Gasteiger partial charge in [-0.25, -0.2) is 9.67 Å². The molecule has 0 radical (unpaired) electrons. The van der Waals surface area contributed by atoms with Crippen LogP contribution in [0.1, 0.15) is 27.7 Å². The molecule has 1 aliphatic rings. The number of amides is 1. The predicted molar refractivity (Wildman–Crippen MR) is 94.9 cm³/mol. The largest absolute Gasteiger partial charge is 0.370 e. The summed E-state index contributed by atoms with van der Waals surface area (Å²) in [5, 5.41) is 4.14. The second-order valence-corrected chi connectivity index (χ2v) is 6.20. The average molecular weight is 349 g/mol. The minimum atomic E-state index is -0.134. The van der Waals surface area contributed by atoms with Crippen molar-refractivity contribution in [2.45, 2.75) is 13.0 Å². The lowest BCUT2D eigenvalue weighted by molar-refractivity contribution is -0.0228. The van der Waals surface area contributed by atoms with Crippen molar-refractivity contribution in [3.05, 3.63) is 71.9 Å². The molecule has 0 bridgehead atoms. The van der Waals surface area contributed by atoms with Gasteiger partial charge in [-0.3, -0.25) is 9.78 Å². The van der Waals surface area contributed by atoms with Crippen LogP contribution in [0.25, 0.3) is 5.82 Å². The van der Waals surface area contributed by atoms with E-state index in [0.717, 1.165) is 11.3 Å². The van der Waals surface area contributed by atoms with Gasteiger partial charge in [0.1, 0.15) is 6.10 Å². The Bertz CT molecular complexity index is 893. The number of ether oxygens (including phenoxy) is 1. The first kappa shape index (κ1) is 16.4. The van der Waals surface area contributed by atoms with E-state index >= 15 is 0 Å². The summed E-state index contributed by atoms with van der Waals surface area (Å²) in [6, 6.07) is 9.35. The normalized spacial score (nSPS) is 17.3. The molecule has 1 atom stereocenters. The Morgan fingerprint density at radius 2 is 2.15 bits per heavy atom. The summed E-state index contributed by atoms with van der Waals surface area (Å²) >= 11 is 0. The number of carbonyl (C=O) groups is 1. The molecule has 0 aromatic carbocycles. The Morgan fingerprint density at radius 3 is 2.88 bits per heavy atom. The highest BCUT2D eigenvalue weighted by Crippen LogP contribution is 2.23. The first-order valence-electron chi connectivity index (χ1n) is 8.50. The van der Waals surface area contributed by atoms with Gasteiger partial charge >= 0.3 is 0 Å². The third kappa shape index (κ3) is 3.34. The summed E-state index contributed by atoms with van der Waals surface area (Å²) in [4.78, 5) is 23.2. The van der Waals surface area contributed by atoms with Crippen LogP contribution >= 0.6 is 0 Å². The molecule has 26 heavy (non-hydrogen) atoms. The maximum atomic E-state index is 12.8. The second-order valence-electron chi connectivity index (χ2n) is 6.20. The first-order valence-corrected chi connectivity index (χ1v) is 8.50. The van der Waals surface area contributed by atoms with Crippen molar-refractivity contribution in [2.75, 3.05) is 19.7 Å². The zero-order valence-electron chi connectivity index (χ0n) is 14.4. The first-order chi connectivity index (χ1) is 12.7. The number of nitrogens with zero attached hydrogens (tertiary/aromatic N) is 5. The molecule has 0 saturated carbocycles. The van der Waals surface area contributed by atoms with Crippen molar-refractivity contribution in [1.82, 2.24) is 24.6 Å². The van der Waals surface area contributed by atoms with Crippen molar-refractivity contribution in [3.63, 3.8) is 0 Å². The van der Waals surface area contributed by atoms with E-state index in [0.29, 0.717) is 31.1 Å². The summed E-state index contributed by atoms with van der Waals surface area (Å²) in [5.74, 6) is 0.641. The second kappa shape index (κ2) is 7.05. The Balaban J connectivity index is 1.49. The lowest BCUT2D eigenvalue weighted by Crippen LogP contribution is -2.42. The fraction of sp³-hybridized carbons (Fsp3) is 0.263. The molecule has 1 amide bonds. The van der Waals surface area contributed by atoms with Gasteiger partial charge < -0.3 is 9.64 Å². The Hall–Kier alpha value is -3.06. The fourth-order valence-electron chi connectivity index (χ4n) is 3.04. The third-order valence-corrected chi connectivity index (χ3v) is 4.38. The van der Waals surface area contributed by atoms with E-state index in [2.05, 4.69) is 15.1 Å². The molecule has 7 heteroatoms. The molecule has 1 fully saturated rings. The molecule has 0 N–H and O–H groups in total. The highest BCUT2D eigenvalue weighted by molar-refractivity contribution is 5.94. The molecule has 3 aromatic heterocycles. The van der Waals surface area contributed by atoms with E-state index < -0.39 is 0 Å². The number of morpholine rings is 1. The van der Waals surface area contributed by atoms with Gasteiger partial charge in [0.25, 0.3) is 5.91 Å². The number of aryl methyl sites for hydroxylation is 1. The quantitative estimate of drug-likeness (QED) is 0.725. The molecule has 4 heterocycles. The molecule has 7 nitrogen and oxygen atoms in total. The summed E-state index contributed by atoms with van der Waals surface area (Å²) in [5.41, 5.74) is 2.54. The summed E-state index contributed by atoms with van der Waals surface area (Å²) in [7, 11) is 0. The van der Waals surface area contributed by atoms with E-state index in [1.165, 1.54) is 0 Å². The SMILES string of the molecule is Cc1cc(C2CN(C(=O)c3ccc(-n4cccn4)nc3)CCO2)ccn1. The average Bonchev–Trinajstić information content (AvgIpc) is 3.22. The summed E-state index contributed by atoms with van der Waals surface area (Å²) in [6.45, 7) is 3.54. The van der Waals surface area contributed by atoms with Gasteiger partial charge in [-0.1, -0.05) is 0 Å². The molecule has 1 saturated heterocycles. The molecule has 0 aliphatic carbocycles. The van der Waals surface area contributed by atoms with Crippen LogP contribution in [0, 0.1) is 6.92 Å². The van der Waals surface area contributed by atoms with Crippen LogP contribution in [-0.2, 0) is 4.74 Å². The van der Waals surface area contributed by atoms with E-state index in [9.17, 15) is 4.79 Å². The molecular weight excluding hydrogens is 330 g/mol. The van der Waals surface area contributed by atoms with Gasteiger partial charge in [-0.05, 0) is 42.8 Å². The maximum absolute atomic E-state index is 12.8. The Labute approximate surface area is 151 Å². The van der Waals surface area contributed by atoms with Crippen LogP contribution in [0.5, 0.6) is 0 Å². The van der Waals surface area contributed by atoms with Crippen molar-refractivity contribution in [1.29, 1.82) is 0 Å². The van der Waals surface area contributed by atoms with Crippen LogP contribution < -0.4 is 0 Å². The number of rotatable bonds is 3. The van der Waals surface area contributed by atoms with Gasteiger partial charge in [-0.15, -0.1) is 0 Å². The van der Waals surface area contributed by atoms with Crippen LogP contribution in [0.3, 0.4) is 0 Å². The molecule has 3 aromatic rings. The fourth-order valence-corrected chi connectivity index (χ4v) is 3.04. The molecule has 1 unspecified atom stereocenters. The molecular formula is C19H19N5O2. The molecule has 132 valence electrons. The van der Waals surface area contributed by atoms with Crippen LogP contribution in [0.4, 0.5) is 0 Å². The standard InChI is InChI=1S/C19H19N5O2/c1-14-11-15(5-7-20-14)17-13-23(9-10-26-17)19(25)16-3-4-18(21-12-16)24-8-2-6-22-24/h2-8,11-12,17H,9-10,13H2,1H3. The zero-order chi connectivity index (χ0) is 17.9. The van der Waals surface area contributed by atoms with Crippen LogP contribution in [0.2, 0.25) is 0 Å². The minimum absolute atomic E-state index is 0.0383. The maximum Gasteiger partial charge on any atom is 0.255 e. The van der Waals surface area contributed by atoms with E-state index in [-0.39, 0.29) is 12.0 Å². The minimum Gasteiger partial charge on any atom is -0.370 e. The Kier molecular flexibility index (Phi) is 4.45. The highest BCUT2D eigenvalue weighted by atomic mass is 16.5. The Morgan fingerprint density at radius 1 is 1.23 bits per heavy atom. The summed E-state index contributed by atoms with van der Waals surface area (Å²) < 4.78 is 7.51. The lowest BCUT2D eigenvalue weighted by atomic mass is 10.1. The topological polar surface area (TPSA) is 73.1 Å². The number of hydrogen-bond donors (Lipinski definition) is 0. The number of aromatic nitrogens is 4. The van der Waals surface area contributed by atoms with Gasteiger partial charge in [0.15, 0.2) is 5.82 Å². The smallest absolute Gasteiger partial charge is 0.255 e. The number of carbonyl (C=O) groups excluding carboxylic acids is 1. The van der Waals surface area contributed by atoms with Crippen molar-refractivity contribution in [2.24, 2.45) is 0 Å². The molecule has 0 spiro atoms. The molecule has 4 rings (SSSR count). The lowest BCUT2D eigenvalue weighted by Gasteiger charge is -2.33. The van der Waals surface area contributed by atoms with Crippen LogP contribution in [0.15, 0.2) is 55.1 Å². The van der Waals surface area contributed by atoms with Crippen molar-refractivity contribution >= 4 is 5.91 Å². The van der Waals surface area contributed by atoms with Crippen molar-refractivity contribution in [3.8, 4) is 5.82 Å². The highest BCUT2D eigenvalue weighted by Gasteiger charge is 2.26. The van der Waals surface area contributed by atoms with E-state index in [1.807, 2.05) is 36.2 Å². The molecule has 1 aliphatic heterocycles.